The number of imide groups is 1. The molecule has 4 atom stereocenters. The highest BCUT2D eigenvalue weighted by Gasteiger charge is 2.56. The van der Waals surface area contributed by atoms with Crippen LogP contribution in [0.1, 0.15) is 19.3 Å². The van der Waals surface area contributed by atoms with Crippen LogP contribution >= 0.6 is 0 Å². The van der Waals surface area contributed by atoms with Crippen LogP contribution in [0.15, 0.2) is 0 Å². The van der Waals surface area contributed by atoms with Gasteiger partial charge >= 0.3 is 12.0 Å². The lowest BCUT2D eigenvalue weighted by Crippen LogP contribution is -2.50. The Morgan fingerprint density at radius 2 is 2.00 bits per heavy atom. The zero-order valence-electron chi connectivity index (χ0n) is 9.26. The Morgan fingerprint density at radius 1 is 1.29 bits per heavy atom. The normalized spacial score (nSPS) is 39.9. The van der Waals surface area contributed by atoms with Gasteiger partial charge in [-0.1, -0.05) is 0 Å². The van der Waals surface area contributed by atoms with Crippen molar-refractivity contribution < 1.29 is 19.5 Å². The van der Waals surface area contributed by atoms with Gasteiger partial charge in [0.05, 0.1) is 18.5 Å². The van der Waals surface area contributed by atoms with E-state index in [2.05, 4.69) is 5.32 Å². The van der Waals surface area contributed by atoms with E-state index in [4.69, 9.17) is 0 Å². The second-order valence-corrected chi connectivity index (χ2v) is 5.11. The molecule has 1 heterocycles. The lowest BCUT2D eigenvalue weighted by atomic mass is 9.83. The molecule has 92 valence electrons. The first-order valence-corrected chi connectivity index (χ1v) is 5.92. The van der Waals surface area contributed by atoms with Crippen molar-refractivity contribution in [2.24, 2.45) is 17.8 Å². The molecule has 1 aliphatic heterocycles. The van der Waals surface area contributed by atoms with Crippen LogP contribution in [-0.4, -0.2) is 40.5 Å². The van der Waals surface area contributed by atoms with Gasteiger partial charge in [-0.2, -0.15) is 0 Å². The second kappa shape index (κ2) is 3.45. The van der Waals surface area contributed by atoms with Crippen molar-refractivity contribution in [1.29, 1.82) is 0 Å². The number of hydrogen-bond acceptors (Lipinski definition) is 3. The lowest BCUT2D eigenvalue weighted by molar-refractivity contribution is -0.146. The molecule has 1 saturated heterocycles. The fraction of sp³-hybridized carbons (Fsp3) is 0.727. The number of carbonyl (C=O) groups is 3. The van der Waals surface area contributed by atoms with Crippen molar-refractivity contribution in [1.82, 2.24) is 10.2 Å². The number of nitrogens with one attached hydrogen (secondary N) is 1. The SMILES string of the molecule is O=C(O)C1C2CCC(C2)C1N1C(=O)CNC1=O. The minimum atomic E-state index is -0.880. The number of nitrogens with zero attached hydrogens (tertiary/aromatic N) is 1. The third-order valence-electron chi connectivity index (χ3n) is 4.33. The van der Waals surface area contributed by atoms with Crippen LogP contribution in [0.5, 0.6) is 0 Å². The minimum Gasteiger partial charge on any atom is -0.481 e. The molecule has 3 fully saturated rings. The van der Waals surface area contributed by atoms with Crippen molar-refractivity contribution in [2.45, 2.75) is 25.3 Å². The molecule has 4 unspecified atom stereocenters. The molecular weight excluding hydrogens is 224 g/mol. The summed E-state index contributed by atoms with van der Waals surface area (Å²) in [5.41, 5.74) is 0. The number of hydrogen-bond donors (Lipinski definition) is 2. The van der Waals surface area contributed by atoms with Gasteiger partial charge in [-0.05, 0) is 31.1 Å². The summed E-state index contributed by atoms with van der Waals surface area (Å²) in [5.74, 6) is -1.44. The standard InChI is InChI=1S/C11H14N2O4/c14-7-4-12-11(17)13(7)9-6-2-1-5(3-6)8(9)10(15)16/h5-6,8-9H,1-4H2,(H,12,17)(H,15,16). The van der Waals surface area contributed by atoms with Crippen molar-refractivity contribution >= 4 is 17.9 Å². The van der Waals surface area contributed by atoms with Crippen molar-refractivity contribution in [2.75, 3.05) is 6.54 Å². The topological polar surface area (TPSA) is 86.7 Å². The Balaban J connectivity index is 1.93. The first-order chi connectivity index (χ1) is 8.09. The summed E-state index contributed by atoms with van der Waals surface area (Å²) in [6.45, 7) is -0.000933. The number of carboxylic acid groups (broad SMARTS) is 1. The Morgan fingerprint density at radius 3 is 2.59 bits per heavy atom. The zero-order valence-corrected chi connectivity index (χ0v) is 9.26. The number of fused-ring (bicyclic) bond motifs is 2. The Hall–Kier alpha value is -1.59. The second-order valence-electron chi connectivity index (χ2n) is 5.11. The Bertz CT molecular complexity index is 392. The van der Waals surface area contributed by atoms with E-state index in [1.807, 2.05) is 0 Å². The lowest BCUT2D eigenvalue weighted by Gasteiger charge is -2.33. The fourth-order valence-corrected chi connectivity index (χ4v) is 3.72. The number of rotatable bonds is 2. The van der Waals surface area contributed by atoms with Gasteiger partial charge in [0, 0.05) is 0 Å². The highest BCUT2D eigenvalue weighted by Crippen LogP contribution is 2.50. The van der Waals surface area contributed by atoms with E-state index in [-0.39, 0.29) is 24.3 Å². The molecule has 0 radical (unpaired) electrons. The van der Waals surface area contributed by atoms with Crippen LogP contribution in [0.3, 0.4) is 0 Å². The quantitative estimate of drug-likeness (QED) is 0.665. The molecule has 3 rings (SSSR count). The molecule has 2 aliphatic carbocycles. The molecule has 2 N–H and O–H groups in total. The van der Waals surface area contributed by atoms with E-state index >= 15 is 0 Å². The van der Waals surface area contributed by atoms with E-state index in [1.54, 1.807) is 0 Å². The number of aliphatic carboxylic acids is 1. The molecule has 0 aromatic rings. The van der Waals surface area contributed by atoms with E-state index in [0.29, 0.717) is 0 Å². The predicted molar refractivity (Wildman–Crippen MR) is 56.0 cm³/mol. The minimum absolute atomic E-state index is 0.000933. The van der Waals surface area contributed by atoms with Gasteiger partial charge < -0.3 is 10.4 Å². The molecule has 6 heteroatoms. The number of carbonyl (C=O) groups excluding carboxylic acids is 2. The van der Waals surface area contributed by atoms with Gasteiger partial charge in [0.15, 0.2) is 0 Å². The van der Waals surface area contributed by atoms with Gasteiger partial charge in [-0.3, -0.25) is 14.5 Å². The Kier molecular flexibility index (Phi) is 2.14. The molecule has 0 spiro atoms. The first-order valence-electron chi connectivity index (χ1n) is 5.92. The highest BCUT2D eigenvalue weighted by molar-refractivity contribution is 6.02. The molecule has 0 aromatic heterocycles. The largest absolute Gasteiger partial charge is 0.481 e. The highest BCUT2D eigenvalue weighted by atomic mass is 16.4. The summed E-state index contributed by atoms with van der Waals surface area (Å²) in [6, 6.07) is -0.861. The summed E-state index contributed by atoms with van der Waals surface area (Å²) in [6.07, 6.45) is 2.66. The number of amides is 3. The maximum atomic E-state index is 11.7. The fourth-order valence-electron chi connectivity index (χ4n) is 3.72. The van der Waals surface area contributed by atoms with Crippen LogP contribution in [0.25, 0.3) is 0 Å². The monoisotopic (exact) mass is 238 g/mol. The van der Waals surface area contributed by atoms with Crippen molar-refractivity contribution in [3.8, 4) is 0 Å². The van der Waals surface area contributed by atoms with Gasteiger partial charge in [0.1, 0.15) is 0 Å². The van der Waals surface area contributed by atoms with Crippen molar-refractivity contribution in [3.63, 3.8) is 0 Å². The molecule has 0 aromatic carbocycles. The Labute approximate surface area is 98.0 Å². The summed E-state index contributed by atoms with van der Waals surface area (Å²) < 4.78 is 0. The predicted octanol–water partition coefficient (Wildman–Crippen LogP) is 0.0375. The average molecular weight is 238 g/mol. The first kappa shape index (κ1) is 10.6. The summed E-state index contributed by atoms with van der Waals surface area (Å²) in [7, 11) is 0. The maximum Gasteiger partial charge on any atom is 0.324 e. The van der Waals surface area contributed by atoms with Crippen LogP contribution in [-0.2, 0) is 9.59 Å². The maximum absolute atomic E-state index is 11.7. The average Bonchev–Trinajstić information content (AvgIpc) is 2.92. The van der Waals surface area contributed by atoms with Crippen LogP contribution < -0.4 is 5.32 Å². The van der Waals surface area contributed by atoms with E-state index in [1.165, 1.54) is 0 Å². The van der Waals surface area contributed by atoms with Crippen LogP contribution in [0.2, 0.25) is 0 Å². The molecule has 17 heavy (non-hydrogen) atoms. The van der Waals surface area contributed by atoms with E-state index in [9.17, 15) is 19.5 Å². The molecule has 3 amide bonds. The summed E-state index contributed by atoms with van der Waals surface area (Å²) in [4.78, 5) is 35.7. The molecule has 2 saturated carbocycles. The van der Waals surface area contributed by atoms with E-state index < -0.39 is 24.0 Å². The van der Waals surface area contributed by atoms with Crippen LogP contribution in [0, 0.1) is 17.8 Å². The van der Waals surface area contributed by atoms with Gasteiger partial charge in [-0.25, -0.2) is 4.79 Å². The zero-order chi connectivity index (χ0) is 12.2. The smallest absolute Gasteiger partial charge is 0.324 e. The number of urea groups is 1. The van der Waals surface area contributed by atoms with Gasteiger partial charge in [0.2, 0.25) is 5.91 Å². The van der Waals surface area contributed by atoms with Crippen molar-refractivity contribution in [3.05, 3.63) is 0 Å². The molecule has 6 nitrogen and oxygen atoms in total. The van der Waals surface area contributed by atoms with Gasteiger partial charge in [0.25, 0.3) is 0 Å². The number of carboxylic acids is 1. The van der Waals surface area contributed by atoms with Gasteiger partial charge in [-0.15, -0.1) is 0 Å². The third kappa shape index (κ3) is 1.36. The van der Waals surface area contributed by atoms with E-state index in [0.717, 1.165) is 24.2 Å². The third-order valence-corrected chi connectivity index (χ3v) is 4.33. The molecular formula is C11H14N2O4. The van der Waals surface area contributed by atoms with Crippen LogP contribution in [0.4, 0.5) is 4.79 Å². The molecule has 2 bridgehead atoms. The molecule has 3 aliphatic rings. The summed E-state index contributed by atoms with van der Waals surface area (Å²) in [5, 5.41) is 11.7. The summed E-state index contributed by atoms with van der Waals surface area (Å²) >= 11 is 0.